The lowest BCUT2D eigenvalue weighted by Gasteiger charge is -2.32. The molecule has 1 aliphatic rings. The molecule has 1 aliphatic carbocycles. The molecule has 3 unspecified atom stereocenters. The molecular weight excluding hydrogens is 252 g/mol. The zero-order valence-electron chi connectivity index (χ0n) is 12.3. The van der Waals surface area contributed by atoms with Crippen molar-refractivity contribution in [1.82, 2.24) is 5.32 Å². The highest BCUT2D eigenvalue weighted by Gasteiger charge is 2.28. The van der Waals surface area contributed by atoms with Crippen LogP contribution in [0.3, 0.4) is 0 Å². The Balaban J connectivity index is 1.87. The topological polar surface area (TPSA) is 50.4 Å². The average Bonchev–Trinajstić information content (AvgIpc) is 2.48. The number of benzene rings is 1. The van der Waals surface area contributed by atoms with Gasteiger partial charge < -0.3 is 15.4 Å². The van der Waals surface area contributed by atoms with Crippen LogP contribution in [0.1, 0.15) is 32.6 Å². The molecule has 0 radical (unpaired) electrons. The Morgan fingerprint density at radius 2 is 1.95 bits per heavy atom. The molecule has 110 valence electrons. The Morgan fingerprint density at radius 3 is 2.65 bits per heavy atom. The van der Waals surface area contributed by atoms with E-state index in [-0.39, 0.29) is 12.0 Å². The van der Waals surface area contributed by atoms with Crippen molar-refractivity contribution in [2.75, 3.05) is 12.4 Å². The first-order chi connectivity index (χ1) is 9.70. The Kier molecular flexibility index (Phi) is 5.56. The number of hydrogen-bond donors (Lipinski definition) is 2. The van der Waals surface area contributed by atoms with Gasteiger partial charge in [0.25, 0.3) is 5.91 Å². The van der Waals surface area contributed by atoms with Gasteiger partial charge in [-0.1, -0.05) is 31.0 Å². The number of para-hydroxylation sites is 1. The van der Waals surface area contributed by atoms with E-state index in [0.717, 1.165) is 18.5 Å². The molecule has 0 aromatic heterocycles. The maximum Gasteiger partial charge on any atom is 0.253 e. The van der Waals surface area contributed by atoms with Gasteiger partial charge in [-0.05, 0) is 38.9 Å². The number of amides is 1. The lowest BCUT2D eigenvalue weighted by molar-refractivity contribution is -0.132. The summed E-state index contributed by atoms with van der Waals surface area (Å²) in [4.78, 5) is 12.1. The van der Waals surface area contributed by atoms with Crippen molar-refractivity contribution in [1.29, 1.82) is 0 Å². The van der Waals surface area contributed by atoms with Crippen LogP contribution < -0.4 is 10.6 Å². The summed E-state index contributed by atoms with van der Waals surface area (Å²) >= 11 is 0. The molecule has 1 amide bonds. The highest BCUT2D eigenvalue weighted by atomic mass is 16.5. The molecule has 1 aromatic carbocycles. The van der Waals surface area contributed by atoms with Gasteiger partial charge in [0.1, 0.15) is 6.10 Å². The molecule has 1 aromatic rings. The van der Waals surface area contributed by atoms with Crippen LogP contribution in [-0.4, -0.2) is 31.2 Å². The minimum atomic E-state index is -0.436. The Morgan fingerprint density at radius 1 is 1.25 bits per heavy atom. The van der Waals surface area contributed by atoms with Crippen molar-refractivity contribution in [3.05, 3.63) is 30.3 Å². The van der Waals surface area contributed by atoms with Gasteiger partial charge in [0, 0.05) is 11.7 Å². The molecule has 1 saturated carbocycles. The third kappa shape index (κ3) is 4.05. The fraction of sp³-hybridized carbons (Fsp3) is 0.562. The van der Waals surface area contributed by atoms with E-state index in [1.807, 2.05) is 44.3 Å². The first-order valence-electron chi connectivity index (χ1n) is 7.39. The minimum absolute atomic E-state index is 0.0865. The first kappa shape index (κ1) is 15.0. The molecule has 0 aliphatic heterocycles. The molecule has 2 N–H and O–H groups in total. The molecule has 0 heterocycles. The summed E-state index contributed by atoms with van der Waals surface area (Å²) in [6, 6.07) is 9.84. The van der Waals surface area contributed by atoms with E-state index in [9.17, 15) is 4.79 Å². The summed E-state index contributed by atoms with van der Waals surface area (Å²) in [7, 11) is 1.96. The summed E-state index contributed by atoms with van der Waals surface area (Å²) in [6.45, 7) is 1.82. The molecule has 2 rings (SSSR count). The Bertz CT molecular complexity index is 422. The number of likely N-dealkylation sites (N-methyl/N-ethyl adjacent to an activating group) is 1. The molecule has 0 spiro atoms. The van der Waals surface area contributed by atoms with Crippen LogP contribution in [0, 0.1) is 0 Å². The third-order valence-corrected chi connectivity index (χ3v) is 3.86. The summed E-state index contributed by atoms with van der Waals surface area (Å²) in [5.74, 6) is -0.0865. The Hall–Kier alpha value is -1.39. The van der Waals surface area contributed by atoms with Gasteiger partial charge in [-0.25, -0.2) is 0 Å². The molecular formula is C16H24N2O2. The van der Waals surface area contributed by atoms with Gasteiger partial charge in [-0.15, -0.1) is 0 Å². The number of hydrogen-bond acceptors (Lipinski definition) is 3. The monoisotopic (exact) mass is 276 g/mol. The minimum Gasteiger partial charge on any atom is -0.364 e. The number of anilines is 1. The van der Waals surface area contributed by atoms with Gasteiger partial charge >= 0.3 is 0 Å². The molecule has 20 heavy (non-hydrogen) atoms. The number of carbonyl (C=O) groups excluding carboxylic acids is 1. The van der Waals surface area contributed by atoms with Crippen LogP contribution in [0.5, 0.6) is 0 Å². The smallest absolute Gasteiger partial charge is 0.253 e. The third-order valence-electron chi connectivity index (χ3n) is 3.86. The van der Waals surface area contributed by atoms with E-state index in [0.29, 0.717) is 6.04 Å². The van der Waals surface area contributed by atoms with Crippen molar-refractivity contribution in [2.24, 2.45) is 0 Å². The van der Waals surface area contributed by atoms with Gasteiger partial charge in [-0.3, -0.25) is 4.79 Å². The number of nitrogens with one attached hydrogen (secondary N) is 2. The lowest BCUT2D eigenvalue weighted by Crippen LogP contribution is -2.45. The maximum absolute atomic E-state index is 12.1. The first-order valence-corrected chi connectivity index (χ1v) is 7.39. The summed E-state index contributed by atoms with van der Waals surface area (Å²) in [5.41, 5.74) is 0.807. The van der Waals surface area contributed by atoms with E-state index in [2.05, 4.69) is 10.6 Å². The Labute approximate surface area is 120 Å². The van der Waals surface area contributed by atoms with Crippen molar-refractivity contribution < 1.29 is 9.53 Å². The quantitative estimate of drug-likeness (QED) is 0.869. The van der Waals surface area contributed by atoms with Gasteiger partial charge in [0.05, 0.1) is 6.10 Å². The van der Waals surface area contributed by atoms with Gasteiger partial charge in [0.15, 0.2) is 0 Å². The molecule has 3 atom stereocenters. The second kappa shape index (κ2) is 7.41. The van der Waals surface area contributed by atoms with Crippen LogP contribution in [0.15, 0.2) is 30.3 Å². The van der Waals surface area contributed by atoms with E-state index in [4.69, 9.17) is 4.74 Å². The second-order valence-electron chi connectivity index (χ2n) is 5.35. The van der Waals surface area contributed by atoms with E-state index in [1.165, 1.54) is 12.8 Å². The predicted octanol–water partition coefficient (Wildman–Crippen LogP) is 2.56. The SMILES string of the molecule is CNC1CCCCC1OC(C)C(=O)Nc1ccccc1. The summed E-state index contributed by atoms with van der Waals surface area (Å²) < 4.78 is 5.95. The van der Waals surface area contributed by atoms with Crippen LogP contribution in [0.4, 0.5) is 5.69 Å². The fourth-order valence-electron chi connectivity index (χ4n) is 2.68. The predicted molar refractivity (Wildman–Crippen MR) is 80.7 cm³/mol. The van der Waals surface area contributed by atoms with Crippen LogP contribution in [0.2, 0.25) is 0 Å². The van der Waals surface area contributed by atoms with Crippen molar-refractivity contribution in [3.63, 3.8) is 0 Å². The maximum atomic E-state index is 12.1. The lowest BCUT2D eigenvalue weighted by atomic mass is 9.92. The van der Waals surface area contributed by atoms with Crippen molar-refractivity contribution in [2.45, 2.75) is 50.9 Å². The van der Waals surface area contributed by atoms with Gasteiger partial charge in [0.2, 0.25) is 0 Å². The zero-order chi connectivity index (χ0) is 14.4. The summed E-state index contributed by atoms with van der Waals surface area (Å²) in [5, 5.41) is 6.17. The largest absolute Gasteiger partial charge is 0.364 e. The average molecular weight is 276 g/mol. The highest BCUT2D eigenvalue weighted by Crippen LogP contribution is 2.22. The van der Waals surface area contributed by atoms with Crippen LogP contribution >= 0.6 is 0 Å². The number of ether oxygens (including phenoxy) is 1. The molecule has 0 saturated heterocycles. The van der Waals surface area contributed by atoms with Crippen molar-refractivity contribution in [3.8, 4) is 0 Å². The van der Waals surface area contributed by atoms with Crippen molar-refractivity contribution >= 4 is 11.6 Å². The zero-order valence-corrected chi connectivity index (χ0v) is 12.3. The molecule has 0 bridgehead atoms. The van der Waals surface area contributed by atoms with E-state index >= 15 is 0 Å². The van der Waals surface area contributed by atoms with Gasteiger partial charge in [-0.2, -0.15) is 0 Å². The number of carbonyl (C=O) groups is 1. The second-order valence-corrected chi connectivity index (χ2v) is 5.35. The van der Waals surface area contributed by atoms with E-state index < -0.39 is 6.10 Å². The summed E-state index contributed by atoms with van der Waals surface area (Å²) in [6.07, 6.45) is 4.24. The normalized spacial score (nSPS) is 24.1. The van der Waals surface area contributed by atoms with Crippen LogP contribution in [-0.2, 0) is 9.53 Å². The van der Waals surface area contributed by atoms with Crippen LogP contribution in [0.25, 0.3) is 0 Å². The fourth-order valence-corrected chi connectivity index (χ4v) is 2.68. The standard InChI is InChI=1S/C16H24N2O2/c1-12(16(19)18-13-8-4-3-5-9-13)20-15-11-7-6-10-14(15)17-2/h3-5,8-9,12,14-15,17H,6-7,10-11H2,1-2H3,(H,18,19). The van der Waals surface area contributed by atoms with E-state index in [1.54, 1.807) is 0 Å². The number of rotatable bonds is 5. The molecule has 4 heteroatoms. The molecule has 1 fully saturated rings. The highest BCUT2D eigenvalue weighted by molar-refractivity contribution is 5.93. The molecule has 4 nitrogen and oxygen atoms in total.